The minimum Gasteiger partial charge on any atom is -0.462 e. The predicted molar refractivity (Wildman–Crippen MR) is 256 cm³/mol. The summed E-state index contributed by atoms with van der Waals surface area (Å²) in [6, 6.07) is 0. The van der Waals surface area contributed by atoms with Gasteiger partial charge in [-0.1, -0.05) is 259 Å². The third-order valence-corrected chi connectivity index (χ3v) is 12.2. The lowest BCUT2D eigenvalue weighted by Gasteiger charge is -2.18. The topological polar surface area (TPSA) is 78.9 Å². The molecule has 0 aliphatic heterocycles. The maximum Gasteiger partial charge on any atom is 0.306 e. The van der Waals surface area contributed by atoms with E-state index in [-0.39, 0.29) is 31.1 Å². The molecular formula is C54H104O6. The van der Waals surface area contributed by atoms with Crippen LogP contribution in [0.4, 0.5) is 0 Å². The van der Waals surface area contributed by atoms with Crippen molar-refractivity contribution in [2.75, 3.05) is 13.2 Å². The maximum atomic E-state index is 12.7. The Balaban J connectivity index is 4.16. The summed E-state index contributed by atoms with van der Waals surface area (Å²) >= 11 is 0. The Morgan fingerprint density at radius 3 is 0.817 bits per heavy atom. The lowest BCUT2D eigenvalue weighted by Crippen LogP contribution is -2.30. The number of esters is 3. The molecule has 0 radical (unpaired) electrons. The van der Waals surface area contributed by atoms with Crippen LogP contribution in [0.25, 0.3) is 0 Å². The Morgan fingerprint density at radius 1 is 0.317 bits per heavy atom. The summed E-state index contributed by atoms with van der Waals surface area (Å²) in [7, 11) is 0. The summed E-state index contributed by atoms with van der Waals surface area (Å²) in [5.74, 6) is 0.818. The molecule has 0 saturated carbocycles. The first-order valence-corrected chi connectivity index (χ1v) is 26.7. The van der Waals surface area contributed by atoms with Crippen LogP contribution in [-0.2, 0) is 28.6 Å². The SMILES string of the molecule is CCCCCCCCCCCC(=O)O[C@H](COC(=O)CCCCCCCCCCCCCCCCCCCCC(C)C)COC(=O)CCCCCCCCCCCC(C)C. The normalized spacial score (nSPS) is 12.1. The van der Waals surface area contributed by atoms with Crippen molar-refractivity contribution >= 4 is 17.9 Å². The highest BCUT2D eigenvalue weighted by molar-refractivity contribution is 5.71. The van der Waals surface area contributed by atoms with Crippen LogP contribution in [0.3, 0.4) is 0 Å². The van der Waals surface area contributed by atoms with E-state index in [2.05, 4.69) is 34.6 Å². The van der Waals surface area contributed by atoms with Crippen LogP contribution in [-0.4, -0.2) is 37.2 Å². The summed E-state index contributed by atoms with van der Waals surface area (Å²) in [5, 5.41) is 0. The first kappa shape index (κ1) is 58.4. The van der Waals surface area contributed by atoms with Crippen LogP contribution in [0.1, 0.15) is 298 Å². The highest BCUT2D eigenvalue weighted by Crippen LogP contribution is 2.18. The molecule has 0 unspecified atom stereocenters. The van der Waals surface area contributed by atoms with E-state index in [1.54, 1.807) is 0 Å². The minimum absolute atomic E-state index is 0.0637. The molecular weight excluding hydrogens is 745 g/mol. The van der Waals surface area contributed by atoms with Crippen molar-refractivity contribution in [2.45, 2.75) is 304 Å². The molecule has 0 rings (SSSR count). The molecule has 0 aromatic carbocycles. The van der Waals surface area contributed by atoms with E-state index in [4.69, 9.17) is 14.2 Å². The van der Waals surface area contributed by atoms with Crippen molar-refractivity contribution in [1.29, 1.82) is 0 Å². The molecule has 6 heteroatoms. The van der Waals surface area contributed by atoms with Crippen LogP contribution in [0, 0.1) is 11.8 Å². The summed E-state index contributed by atoms with van der Waals surface area (Å²) in [5.41, 5.74) is 0. The zero-order valence-electron chi connectivity index (χ0n) is 41.1. The van der Waals surface area contributed by atoms with Crippen LogP contribution in [0.5, 0.6) is 0 Å². The summed E-state index contributed by atoms with van der Waals surface area (Å²) in [4.78, 5) is 37.9. The van der Waals surface area contributed by atoms with Gasteiger partial charge in [0.2, 0.25) is 0 Å². The Morgan fingerprint density at radius 2 is 0.550 bits per heavy atom. The van der Waals surface area contributed by atoms with E-state index in [1.165, 1.54) is 186 Å². The number of rotatable bonds is 48. The molecule has 0 aliphatic carbocycles. The van der Waals surface area contributed by atoms with Gasteiger partial charge in [-0.25, -0.2) is 0 Å². The predicted octanol–water partition coefficient (Wildman–Crippen LogP) is 17.3. The van der Waals surface area contributed by atoms with Gasteiger partial charge in [-0.3, -0.25) is 14.4 Å². The Bertz CT molecular complexity index is 916. The van der Waals surface area contributed by atoms with Gasteiger partial charge in [0.1, 0.15) is 13.2 Å². The third kappa shape index (κ3) is 47.5. The number of ether oxygens (including phenoxy) is 3. The fourth-order valence-corrected chi connectivity index (χ4v) is 8.17. The largest absolute Gasteiger partial charge is 0.462 e. The molecule has 1 atom stereocenters. The molecule has 356 valence electrons. The van der Waals surface area contributed by atoms with Crippen molar-refractivity contribution < 1.29 is 28.6 Å². The van der Waals surface area contributed by atoms with Gasteiger partial charge in [0.15, 0.2) is 6.10 Å². The summed E-state index contributed by atoms with van der Waals surface area (Å²) in [6.45, 7) is 11.4. The van der Waals surface area contributed by atoms with Crippen molar-refractivity contribution in [3.63, 3.8) is 0 Å². The molecule has 0 fully saturated rings. The standard InChI is InChI=1S/C54H104O6/c1-6-7-8-9-10-22-31-36-41-46-54(57)60-51(48-59-53(56)45-40-35-30-26-21-24-28-33-38-43-50(4)5)47-58-52(55)44-39-34-29-25-20-18-16-14-12-11-13-15-17-19-23-27-32-37-42-49(2)3/h49-51H,6-48H2,1-5H3/t51-/m1/s1. The van der Waals surface area contributed by atoms with E-state index in [0.29, 0.717) is 19.3 Å². The van der Waals surface area contributed by atoms with E-state index in [9.17, 15) is 14.4 Å². The van der Waals surface area contributed by atoms with E-state index < -0.39 is 6.10 Å². The smallest absolute Gasteiger partial charge is 0.306 e. The van der Waals surface area contributed by atoms with Crippen molar-refractivity contribution in [3.05, 3.63) is 0 Å². The summed E-state index contributed by atoms with van der Waals surface area (Å²) < 4.78 is 16.8. The third-order valence-electron chi connectivity index (χ3n) is 12.2. The number of hydrogen-bond acceptors (Lipinski definition) is 6. The highest BCUT2D eigenvalue weighted by Gasteiger charge is 2.19. The van der Waals surface area contributed by atoms with E-state index in [0.717, 1.165) is 69.6 Å². The van der Waals surface area contributed by atoms with Gasteiger partial charge in [0, 0.05) is 19.3 Å². The lowest BCUT2D eigenvalue weighted by molar-refractivity contribution is -0.167. The first-order chi connectivity index (χ1) is 29.2. The van der Waals surface area contributed by atoms with Gasteiger partial charge in [0.05, 0.1) is 0 Å². The van der Waals surface area contributed by atoms with Gasteiger partial charge < -0.3 is 14.2 Å². The number of carbonyl (C=O) groups is 3. The fraction of sp³-hybridized carbons (Fsp3) is 0.944. The van der Waals surface area contributed by atoms with Crippen molar-refractivity contribution in [2.24, 2.45) is 11.8 Å². The highest BCUT2D eigenvalue weighted by atomic mass is 16.6. The van der Waals surface area contributed by atoms with Gasteiger partial charge >= 0.3 is 17.9 Å². The zero-order chi connectivity index (χ0) is 44.0. The summed E-state index contributed by atoms with van der Waals surface area (Å²) in [6.07, 6.45) is 48.2. The molecule has 0 aromatic rings. The van der Waals surface area contributed by atoms with Crippen LogP contribution >= 0.6 is 0 Å². The van der Waals surface area contributed by atoms with Crippen LogP contribution in [0.15, 0.2) is 0 Å². The molecule has 0 spiro atoms. The molecule has 0 bridgehead atoms. The number of carbonyl (C=O) groups excluding carboxylic acids is 3. The quantitative estimate of drug-likeness (QED) is 0.0345. The number of unbranched alkanes of at least 4 members (excludes halogenated alkanes) is 33. The molecule has 0 aromatic heterocycles. The van der Waals surface area contributed by atoms with E-state index >= 15 is 0 Å². The molecule has 0 amide bonds. The van der Waals surface area contributed by atoms with Gasteiger partial charge in [0.25, 0.3) is 0 Å². The maximum absolute atomic E-state index is 12.7. The van der Waals surface area contributed by atoms with E-state index in [1.807, 2.05) is 0 Å². The Hall–Kier alpha value is -1.59. The fourth-order valence-electron chi connectivity index (χ4n) is 8.17. The molecule has 0 heterocycles. The number of hydrogen-bond donors (Lipinski definition) is 0. The second-order valence-electron chi connectivity index (χ2n) is 19.5. The van der Waals surface area contributed by atoms with Gasteiger partial charge in [-0.2, -0.15) is 0 Å². The first-order valence-electron chi connectivity index (χ1n) is 26.7. The average Bonchev–Trinajstić information content (AvgIpc) is 3.22. The second kappa shape index (κ2) is 46.9. The zero-order valence-corrected chi connectivity index (χ0v) is 41.1. The molecule has 0 aliphatic rings. The lowest BCUT2D eigenvalue weighted by atomic mass is 10.0. The van der Waals surface area contributed by atoms with Crippen molar-refractivity contribution in [3.8, 4) is 0 Å². The minimum atomic E-state index is -0.761. The van der Waals surface area contributed by atoms with Gasteiger partial charge in [-0.05, 0) is 31.1 Å². The van der Waals surface area contributed by atoms with Crippen molar-refractivity contribution in [1.82, 2.24) is 0 Å². The molecule has 0 N–H and O–H groups in total. The van der Waals surface area contributed by atoms with Crippen LogP contribution < -0.4 is 0 Å². The Kier molecular flexibility index (Phi) is 45.7. The monoisotopic (exact) mass is 849 g/mol. The molecule has 6 nitrogen and oxygen atoms in total. The Labute approximate surface area is 374 Å². The van der Waals surface area contributed by atoms with Crippen LogP contribution in [0.2, 0.25) is 0 Å². The molecule has 0 saturated heterocycles. The van der Waals surface area contributed by atoms with Gasteiger partial charge in [-0.15, -0.1) is 0 Å². The molecule has 60 heavy (non-hydrogen) atoms. The average molecular weight is 849 g/mol. The second-order valence-corrected chi connectivity index (χ2v) is 19.5.